The lowest BCUT2D eigenvalue weighted by Crippen LogP contribution is -2.47. The molecule has 0 spiro atoms. The van der Waals surface area contributed by atoms with Gasteiger partial charge in [0.15, 0.2) is 5.96 Å². The van der Waals surface area contributed by atoms with Crippen molar-refractivity contribution in [2.45, 2.75) is 32.4 Å². The molecule has 23 heavy (non-hydrogen) atoms. The van der Waals surface area contributed by atoms with Gasteiger partial charge in [0.05, 0.1) is 13.1 Å². The molecular formula is C15H27N7S. The average molecular weight is 337 g/mol. The fraction of sp³-hybridized carbons (Fsp3) is 0.800. The van der Waals surface area contributed by atoms with Gasteiger partial charge in [-0.25, -0.2) is 9.67 Å². The third-order valence-electron chi connectivity index (χ3n) is 4.28. The van der Waals surface area contributed by atoms with E-state index in [4.69, 9.17) is 4.99 Å². The van der Waals surface area contributed by atoms with E-state index in [1.54, 1.807) is 6.33 Å². The van der Waals surface area contributed by atoms with Gasteiger partial charge in [-0.15, -0.1) is 0 Å². The molecule has 1 aromatic rings. The largest absolute Gasteiger partial charge is 0.357 e. The molecule has 1 aromatic heterocycles. The van der Waals surface area contributed by atoms with Crippen LogP contribution in [0.15, 0.2) is 11.3 Å². The number of thioether (sulfide) groups is 1. The molecule has 1 saturated heterocycles. The first kappa shape index (κ1) is 16.6. The van der Waals surface area contributed by atoms with Crippen LogP contribution in [0.1, 0.15) is 19.2 Å². The molecule has 1 unspecified atom stereocenters. The Labute approximate surface area is 142 Å². The molecule has 0 aliphatic carbocycles. The van der Waals surface area contributed by atoms with E-state index in [1.165, 1.54) is 24.6 Å². The van der Waals surface area contributed by atoms with Crippen LogP contribution < -0.4 is 10.6 Å². The molecule has 8 heteroatoms. The third-order valence-corrected chi connectivity index (χ3v) is 5.22. The molecule has 128 valence electrons. The highest BCUT2D eigenvalue weighted by molar-refractivity contribution is 7.99. The van der Waals surface area contributed by atoms with Crippen LogP contribution in [0, 0.1) is 0 Å². The van der Waals surface area contributed by atoms with E-state index in [-0.39, 0.29) is 0 Å². The van der Waals surface area contributed by atoms with Crippen LogP contribution in [0.25, 0.3) is 0 Å². The second-order valence-electron chi connectivity index (χ2n) is 5.95. The number of nitrogens with one attached hydrogen (secondary N) is 2. The minimum atomic E-state index is 0.369. The summed E-state index contributed by atoms with van der Waals surface area (Å²) in [6.45, 7) is 8.14. The predicted octanol–water partition coefficient (Wildman–Crippen LogP) is 0.197. The number of hydrogen-bond donors (Lipinski definition) is 2. The van der Waals surface area contributed by atoms with Crippen molar-refractivity contribution >= 4 is 17.7 Å². The van der Waals surface area contributed by atoms with Crippen molar-refractivity contribution in [2.24, 2.45) is 4.99 Å². The zero-order valence-electron chi connectivity index (χ0n) is 13.9. The molecule has 3 rings (SSSR count). The predicted molar refractivity (Wildman–Crippen MR) is 95.0 cm³/mol. The van der Waals surface area contributed by atoms with E-state index in [0.29, 0.717) is 6.04 Å². The van der Waals surface area contributed by atoms with Gasteiger partial charge in [0.1, 0.15) is 12.2 Å². The summed E-state index contributed by atoms with van der Waals surface area (Å²) in [6, 6.07) is 0.369. The number of guanidine groups is 1. The van der Waals surface area contributed by atoms with E-state index in [1.807, 2.05) is 16.4 Å². The first-order valence-corrected chi connectivity index (χ1v) is 9.72. The van der Waals surface area contributed by atoms with Crippen molar-refractivity contribution < 1.29 is 0 Å². The summed E-state index contributed by atoms with van der Waals surface area (Å²) in [4.78, 5) is 11.5. The second kappa shape index (κ2) is 8.54. The number of rotatable bonds is 5. The number of nitrogens with zero attached hydrogens (tertiary/aromatic N) is 5. The van der Waals surface area contributed by atoms with Crippen molar-refractivity contribution in [1.29, 1.82) is 0 Å². The molecule has 0 radical (unpaired) electrons. The van der Waals surface area contributed by atoms with Gasteiger partial charge in [0.2, 0.25) is 0 Å². The van der Waals surface area contributed by atoms with E-state index in [9.17, 15) is 0 Å². The van der Waals surface area contributed by atoms with Crippen molar-refractivity contribution in [3.8, 4) is 0 Å². The van der Waals surface area contributed by atoms with Crippen LogP contribution in [0.5, 0.6) is 0 Å². The van der Waals surface area contributed by atoms with Crippen molar-refractivity contribution in [3.05, 3.63) is 12.2 Å². The minimum absolute atomic E-state index is 0.369. The Balaban J connectivity index is 1.48. The van der Waals surface area contributed by atoms with Gasteiger partial charge in [-0.1, -0.05) is 0 Å². The van der Waals surface area contributed by atoms with E-state index in [2.05, 4.69) is 32.5 Å². The summed E-state index contributed by atoms with van der Waals surface area (Å²) in [5.41, 5.74) is 0. The number of aliphatic imine (C=N–C) groups is 1. The Morgan fingerprint density at radius 2 is 2.30 bits per heavy atom. The summed E-state index contributed by atoms with van der Waals surface area (Å²) in [5, 5.41) is 11.2. The van der Waals surface area contributed by atoms with Gasteiger partial charge in [0, 0.05) is 50.1 Å². The molecule has 0 bridgehead atoms. The summed E-state index contributed by atoms with van der Waals surface area (Å²) in [6.07, 6.45) is 3.70. The van der Waals surface area contributed by atoms with Gasteiger partial charge in [-0.05, 0) is 13.3 Å². The van der Waals surface area contributed by atoms with E-state index < -0.39 is 0 Å². The lowest BCUT2D eigenvalue weighted by Gasteiger charge is -2.26. The summed E-state index contributed by atoms with van der Waals surface area (Å²) >= 11 is 2.05. The van der Waals surface area contributed by atoms with Gasteiger partial charge in [-0.3, -0.25) is 9.89 Å². The quantitative estimate of drug-likeness (QED) is 0.591. The van der Waals surface area contributed by atoms with Crippen LogP contribution in [-0.4, -0.2) is 75.9 Å². The normalized spacial score (nSPS) is 22.7. The number of fused-ring (bicyclic) bond motifs is 1. The van der Waals surface area contributed by atoms with Crippen molar-refractivity contribution in [2.75, 3.05) is 44.2 Å². The maximum absolute atomic E-state index is 4.75. The number of hydrogen-bond acceptors (Lipinski definition) is 5. The first-order chi connectivity index (χ1) is 11.3. The lowest BCUT2D eigenvalue weighted by molar-refractivity contribution is 0.311. The lowest BCUT2D eigenvalue weighted by atomic mass is 10.1. The Morgan fingerprint density at radius 1 is 1.43 bits per heavy atom. The second-order valence-corrected chi connectivity index (χ2v) is 7.18. The number of aromatic nitrogens is 3. The number of aryl methyl sites for hydroxylation is 1. The molecule has 2 N–H and O–H groups in total. The monoisotopic (exact) mass is 337 g/mol. The highest BCUT2D eigenvalue weighted by atomic mass is 32.2. The van der Waals surface area contributed by atoms with Gasteiger partial charge in [-0.2, -0.15) is 16.9 Å². The van der Waals surface area contributed by atoms with Crippen molar-refractivity contribution in [3.63, 3.8) is 0 Å². The summed E-state index contributed by atoms with van der Waals surface area (Å²) < 4.78 is 2.00. The molecule has 1 atom stereocenters. The summed E-state index contributed by atoms with van der Waals surface area (Å²) in [5.74, 6) is 4.52. The summed E-state index contributed by atoms with van der Waals surface area (Å²) in [7, 11) is 0. The van der Waals surface area contributed by atoms with Gasteiger partial charge >= 0.3 is 0 Å². The van der Waals surface area contributed by atoms with Crippen LogP contribution in [0.4, 0.5) is 0 Å². The minimum Gasteiger partial charge on any atom is -0.357 e. The Hall–Kier alpha value is -1.28. The molecule has 1 fully saturated rings. The highest BCUT2D eigenvalue weighted by Crippen LogP contribution is 2.11. The van der Waals surface area contributed by atoms with E-state index in [0.717, 1.165) is 50.8 Å². The first-order valence-electron chi connectivity index (χ1n) is 8.57. The third kappa shape index (κ3) is 4.84. The highest BCUT2D eigenvalue weighted by Gasteiger charge is 2.20. The van der Waals surface area contributed by atoms with Crippen LogP contribution in [0.3, 0.4) is 0 Å². The maximum atomic E-state index is 4.75. The molecule has 0 saturated carbocycles. The smallest absolute Gasteiger partial charge is 0.191 e. The molecule has 0 amide bonds. The topological polar surface area (TPSA) is 70.4 Å². The van der Waals surface area contributed by atoms with E-state index >= 15 is 0 Å². The molecule has 0 aromatic carbocycles. The Morgan fingerprint density at radius 3 is 3.13 bits per heavy atom. The average Bonchev–Trinajstić information content (AvgIpc) is 3.04. The molecular weight excluding hydrogens is 310 g/mol. The standard InChI is InChI=1S/C15H27N7S/c1-2-16-15(17-5-6-21-7-9-23-10-8-21)20-13-3-4-14-18-12-19-22(14)11-13/h12-13H,2-11H2,1H3,(H2,16,17,20). The fourth-order valence-electron chi connectivity index (χ4n) is 3.00. The molecule has 2 aliphatic rings. The molecule has 2 aliphatic heterocycles. The zero-order valence-corrected chi connectivity index (χ0v) is 14.7. The van der Waals surface area contributed by atoms with Gasteiger partial charge < -0.3 is 10.6 Å². The van der Waals surface area contributed by atoms with Gasteiger partial charge in [0.25, 0.3) is 0 Å². The Bertz CT molecular complexity index is 510. The SMILES string of the molecule is CCNC(=NCCN1CCSCC1)NC1CCc2ncnn2C1. The fourth-order valence-corrected chi connectivity index (χ4v) is 3.98. The Kier molecular flexibility index (Phi) is 6.15. The zero-order chi connectivity index (χ0) is 15.9. The van der Waals surface area contributed by atoms with Crippen LogP contribution in [0.2, 0.25) is 0 Å². The van der Waals surface area contributed by atoms with Crippen LogP contribution >= 0.6 is 11.8 Å². The van der Waals surface area contributed by atoms with Crippen molar-refractivity contribution in [1.82, 2.24) is 30.3 Å². The maximum Gasteiger partial charge on any atom is 0.191 e. The van der Waals surface area contributed by atoms with Crippen LogP contribution in [-0.2, 0) is 13.0 Å². The molecule has 3 heterocycles. The molecule has 7 nitrogen and oxygen atoms in total.